The number of carboxylic acid groups (broad SMARTS) is 2. The molecule has 2 N–H and O–H groups in total. The molecule has 0 aliphatic heterocycles. The number of aromatic carboxylic acids is 2. The number of aryl methyl sites for hydroxylation is 1. The van der Waals surface area contributed by atoms with Crippen LogP contribution in [-0.2, 0) is 0 Å². The zero-order valence-electron chi connectivity index (χ0n) is 12.9. The number of aromatic nitrogens is 1. The quantitative estimate of drug-likeness (QED) is 0.678. The number of hydrogen-bond acceptors (Lipinski definition) is 3. The predicted molar refractivity (Wildman–Crippen MR) is 95.9 cm³/mol. The molecule has 0 saturated heterocycles. The maximum absolute atomic E-state index is 11.7. The van der Waals surface area contributed by atoms with Gasteiger partial charge in [-0.1, -0.05) is 34.8 Å². The summed E-state index contributed by atoms with van der Waals surface area (Å²) in [5.74, 6) is -2.34. The van der Waals surface area contributed by atoms with Gasteiger partial charge in [-0.25, -0.2) is 14.6 Å². The summed E-state index contributed by atoms with van der Waals surface area (Å²) in [6.07, 6.45) is 0. The van der Waals surface area contributed by atoms with Gasteiger partial charge in [0, 0.05) is 10.9 Å². The van der Waals surface area contributed by atoms with Crippen molar-refractivity contribution in [1.29, 1.82) is 0 Å². The van der Waals surface area contributed by atoms with Crippen molar-refractivity contribution in [1.82, 2.24) is 4.98 Å². The molecule has 0 saturated carbocycles. The number of pyridine rings is 1. The van der Waals surface area contributed by atoms with E-state index in [9.17, 15) is 19.8 Å². The van der Waals surface area contributed by atoms with Gasteiger partial charge in [-0.2, -0.15) is 0 Å². The van der Waals surface area contributed by atoms with E-state index in [1.54, 1.807) is 18.2 Å². The summed E-state index contributed by atoms with van der Waals surface area (Å²) >= 11 is 11.9. The van der Waals surface area contributed by atoms with Crippen LogP contribution in [0.15, 0.2) is 36.4 Å². The molecule has 0 aliphatic rings. The van der Waals surface area contributed by atoms with Crippen LogP contribution >= 0.6 is 23.2 Å². The fraction of sp³-hybridized carbons (Fsp3) is 0.0556. The Balaban J connectivity index is 2.37. The molecule has 25 heavy (non-hydrogen) atoms. The molecule has 0 radical (unpaired) electrons. The van der Waals surface area contributed by atoms with E-state index < -0.39 is 11.9 Å². The Labute approximate surface area is 152 Å². The molecule has 0 spiro atoms. The van der Waals surface area contributed by atoms with Crippen LogP contribution in [0.4, 0.5) is 0 Å². The summed E-state index contributed by atoms with van der Waals surface area (Å²) < 4.78 is 0. The summed E-state index contributed by atoms with van der Waals surface area (Å²) in [6, 6.07) is 9.17. The normalized spacial score (nSPS) is 10.8. The highest BCUT2D eigenvalue weighted by atomic mass is 35.5. The number of halogens is 2. The van der Waals surface area contributed by atoms with E-state index in [1.807, 2.05) is 6.92 Å². The van der Waals surface area contributed by atoms with Crippen molar-refractivity contribution in [3.05, 3.63) is 63.1 Å². The van der Waals surface area contributed by atoms with E-state index in [0.717, 1.165) is 5.56 Å². The second kappa shape index (κ2) is 6.35. The molecule has 7 heteroatoms. The molecule has 0 fully saturated rings. The maximum Gasteiger partial charge on any atom is 0.336 e. The van der Waals surface area contributed by atoms with Crippen LogP contribution in [0.3, 0.4) is 0 Å². The fourth-order valence-electron chi connectivity index (χ4n) is 2.59. The Hall–Kier alpha value is -2.63. The number of benzene rings is 2. The van der Waals surface area contributed by atoms with Crippen LogP contribution in [0.5, 0.6) is 0 Å². The molecule has 0 atom stereocenters. The lowest BCUT2D eigenvalue weighted by Crippen LogP contribution is -2.04. The number of nitrogens with zero attached hydrogens (tertiary/aromatic N) is 1. The van der Waals surface area contributed by atoms with Crippen LogP contribution in [0.2, 0.25) is 10.0 Å². The molecular formula is C18H11Cl2NO4. The molecule has 3 aromatic rings. The van der Waals surface area contributed by atoms with Gasteiger partial charge in [0.1, 0.15) is 0 Å². The summed E-state index contributed by atoms with van der Waals surface area (Å²) in [5.41, 5.74) is 1.67. The Morgan fingerprint density at radius 1 is 0.920 bits per heavy atom. The monoisotopic (exact) mass is 375 g/mol. The molecule has 1 heterocycles. The highest BCUT2D eigenvalue weighted by Crippen LogP contribution is 2.33. The summed E-state index contributed by atoms with van der Waals surface area (Å²) in [5, 5.41) is 19.7. The smallest absolute Gasteiger partial charge is 0.336 e. The lowest BCUT2D eigenvalue weighted by atomic mass is 9.99. The van der Waals surface area contributed by atoms with Gasteiger partial charge in [-0.05, 0) is 37.3 Å². The maximum atomic E-state index is 11.7. The average molecular weight is 376 g/mol. The first-order valence-electron chi connectivity index (χ1n) is 7.15. The summed E-state index contributed by atoms with van der Waals surface area (Å²) in [7, 11) is 0. The number of fused-ring (bicyclic) bond motifs is 1. The zero-order chi connectivity index (χ0) is 18.3. The van der Waals surface area contributed by atoms with Crippen LogP contribution in [0.1, 0.15) is 26.3 Å². The molecule has 2 aromatic carbocycles. The van der Waals surface area contributed by atoms with Crippen LogP contribution in [-0.4, -0.2) is 27.1 Å². The molecule has 0 aliphatic carbocycles. The van der Waals surface area contributed by atoms with Gasteiger partial charge in [-0.15, -0.1) is 0 Å². The number of rotatable bonds is 3. The SMILES string of the molecule is Cc1ccc2nc(-c3cc(Cl)c(Cl)cc3C(=O)O)cc(C(=O)O)c2c1. The van der Waals surface area contributed by atoms with Crippen molar-refractivity contribution in [3.8, 4) is 11.3 Å². The van der Waals surface area contributed by atoms with E-state index >= 15 is 0 Å². The molecule has 0 bridgehead atoms. The number of carbonyl (C=O) groups is 2. The Morgan fingerprint density at radius 3 is 2.20 bits per heavy atom. The van der Waals surface area contributed by atoms with Gasteiger partial charge < -0.3 is 10.2 Å². The van der Waals surface area contributed by atoms with Crippen LogP contribution < -0.4 is 0 Å². The predicted octanol–water partition coefficient (Wildman–Crippen LogP) is 4.91. The lowest BCUT2D eigenvalue weighted by molar-refractivity contribution is 0.0688. The first-order valence-corrected chi connectivity index (χ1v) is 7.91. The standard InChI is InChI=1S/C18H11Cl2NO4/c1-8-2-3-15-9(4-8)12(18(24)25)7-16(21-15)10-5-13(19)14(20)6-11(10)17(22)23/h2-7H,1H3,(H,22,23)(H,24,25). The fourth-order valence-corrected chi connectivity index (χ4v) is 2.92. The molecule has 126 valence electrons. The van der Waals surface area contributed by atoms with Crippen molar-refractivity contribution in [3.63, 3.8) is 0 Å². The third-order valence-electron chi connectivity index (χ3n) is 3.76. The van der Waals surface area contributed by atoms with Crippen LogP contribution in [0.25, 0.3) is 22.2 Å². The van der Waals surface area contributed by atoms with E-state index in [4.69, 9.17) is 23.2 Å². The molecule has 3 rings (SSSR count). The average Bonchev–Trinajstić information content (AvgIpc) is 2.55. The van der Waals surface area contributed by atoms with Gasteiger partial charge in [0.25, 0.3) is 0 Å². The minimum absolute atomic E-state index is 0.0334. The largest absolute Gasteiger partial charge is 0.478 e. The molecule has 0 amide bonds. The van der Waals surface area contributed by atoms with Crippen molar-refractivity contribution < 1.29 is 19.8 Å². The lowest BCUT2D eigenvalue weighted by Gasteiger charge is -2.11. The van der Waals surface area contributed by atoms with Gasteiger partial charge in [-0.3, -0.25) is 0 Å². The highest BCUT2D eigenvalue weighted by Gasteiger charge is 2.19. The van der Waals surface area contributed by atoms with E-state index in [1.165, 1.54) is 18.2 Å². The molecule has 0 unspecified atom stereocenters. The molecular weight excluding hydrogens is 365 g/mol. The first kappa shape index (κ1) is 17.2. The third kappa shape index (κ3) is 3.16. The Bertz CT molecular complexity index is 1050. The van der Waals surface area contributed by atoms with E-state index in [0.29, 0.717) is 10.9 Å². The zero-order valence-corrected chi connectivity index (χ0v) is 14.4. The topological polar surface area (TPSA) is 87.5 Å². The first-order chi connectivity index (χ1) is 11.8. The van der Waals surface area contributed by atoms with Gasteiger partial charge in [0.05, 0.1) is 32.4 Å². The van der Waals surface area contributed by atoms with Crippen molar-refractivity contribution in [2.45, 2.75) is 6.92 Å². The summed E-state index contributed by atoms with van der Waals surface area (Å²) in [6.45, 7) is 1.85. The second-order valence-corrected chi connectivity index (χ2v) is 6.31. The van der Waals surface area contributed by atoms with Gasteiger partial charge >= 0.3 is 11.9 Å². The third-order valence-corrected chi connectivity index (χ3v) is 4.48. The highest BCUT2D eigenvalue weighted by molar-refractivity contribution is 6.42. The second-order valence-electron chi connectivity index (χ2n) is 5.50. The Kier molecular flexibility index (Phi) is 4.37. The van der Waals surface area contributed by atoms with E-state index in [-0.39, 0.29) is 32.4 Å². The number of hydrogen-bond donors (Lipinski definition) is 2. The van der Waals surface area contributed by atoms with Gasteiger partial charge in [0.2, 0.25) is 0 Å². The van der Waals surface area contributed by atoms with Crippen molar-refractivity contribution >= 4 is 46.0 Å². The summed E-state index contributed by atoms with van der Waals surface area (Å²) in [4.78, 5) is 27.6. The Morgan fingerprint density at radius 2 is 1.56 bits per heavy atom. The number of carboxylic acids is 2. The minimum atomic E-state index is -1.21. The molecule has 5 nitrogen and oxygen atoms in total. The van der Waals surface area contributed by atoms with Gasteiger partial charge in [0.15, 0.2) is 0 Å². The molecule has 1 aromatic heterocycles. The minimum Gasteiger partial charge on any atom is -0.478 e. The van der Waals surface area contributed by atoms with E-state index in [2.05, 4.69) is 4.98 Å². The van der Waals surface area contributed by atoms with Crippen molar-refractivity contribution in [2.24, 2.45) is 0 Å². The van der Waals surface area contributed by atoms with Crippen LogP contribution in [0, 0.1) is 6.92 Å². The van der Waals surface area contributed by atoms with Crippen molar-refractivity contribution in [2.75, 3.05) is 0 Å².